The molecule has 1 aromatic carbocycles. The molecule has 1 N–H and O–H groups in total. The second kappa shape index (κ2) is 7.71. The lowest BCUT2D eigenvalue weighted by Gasteiger charge is -2.25. The number of amides is 1. The van der Waals surface area contributed by atoms with Crippen LogP contribution in [0.1, 0.15) is 32.0 Å². The monoisotopic (exact) mass is 308 g/mol. The minimum absolute atomic E-state index is 0.0118. The molecule has 0 saturated carbocycles. The molecule has 1 amide bonds. The van der Waals surface area contributed by atoms with Gasteiger partial charge < -0.3 is 9.64 Å². The Morgan fingerprint density at radius 3 is 2.76 bits per heavy atom. The van der Waals surface area contributed by atoms with Crippen LogP contribution in [0.4, 0.5) is 0 Å². The normalized spacial score (nSPS) is 19.9. The molecule has 0 aromatic heterocycles. The Bertz CT molecular complexity index is 464. The first-order chi connectivity index (χ1) is 10.2. The van der Waals surface area contributed by atoms with Crippen LogP contribution in [0.5, 0.6) is 5.75 Å². The van der Waals surface area contributed by atoms with Gasteiger partial charge >= 0.3 is 0 Å². The van der Waals surface area contributed by atoms with E-state index in [0.29, 0.717) is 18.4 Å². The number of hydrogen-bond donors (Lipinski definition) is 1. The van der Waals surface area contributed by atoms with E-state index in [1.165, 1.54) is 0 Å². The third-order valence-electron chi connectivity index (χ3n) is 3.76. The number of benzene rings is 1. The molecule has 2 rings (SSSR count). The van der Waals surface area contributed by atoms with E-state index in [0.717, 1.165) is 24.3 Å². The van der Waals surface area contributed by atoms with Crippen molar-refractivity contribution in [2.75, 3.05) is 26.0 Å². The Morgan fingerprint density at radius 2 is 2.14 bits per heavy atom. The summed E-state index contributed by atoms with van der Waals surface area (Å²) in [5.41, 5.74) is 1.11. The second-order valence-corrected chi connectivity index (χ2v) is 6.48. The molecule has 0 spiro atoms. The molecule has 0 aliphatic carbocycles. The molecule has 1 saturated heterocycles. The van der Waals surface area contributed by atoms with Crippen molar-refractivity contribution in [1.29, 1.82) is 0 Å². The van der Waals surface area contributed by atoms with Crippen LogP contribution in [0.3, 0.4) is 0 Å². The predicted octanol–water partition coefficient (Wildman–Crippen LogP) is 2.66. The van der Waals surface area contributed by atoms with E-state index in [4.69, 9.17) is 4.74 Å². The second-order valence-electron chi connectivity index (χ2n) is 5.21. The zero-order chi connectivity index (χ0) is 15.2. The number of nitrogens with zero attached hydrogens (tertiary/aromatic N) is 1. The Kier molecular flexibility index (Phi) is 5.94. The predicted molar refractivity (Wildman–Crippen MR) is 87.7 cm³/mol. The van der Waals surface area contributed by atoms with Crippen LogP contribution in [0.15, 0.2) is 24.3 Å². The summed E-state index contributed by atoms with van der Waals surface area (Å²) in [4.78, 5) is 14.0. The maximum Gasteiger partial charge on any atom is 0.238 e. The van der Waals surface area contributed by atoms with Gasteiger partial charge in [0.15, 0.2) is 0 Å². The van der Waals surface area contributed by atoms with Crippen LogP contribution in [0.25, 0.3) is 0 Å². The summed E-state index contributed by atoms with van der Waals surface area (Å²) in [6.07, 6.45) is 3.11. The fourth-order valence-corrected chi connectivity index (χ4v) is 2.78. The highest BCUT2D eigenvalue weighted by atomic mass is 32.2. The van der Waals surface area contributed by atoms with Crippen molar-refractivity contribution in [3.8, 4) is 5.75 Å². The summed E-state index contributed by atoms with van der Waals surface area (Å²) in [7, 11) is 0. The van der Waals surface area contributed by atoms with E-state index in [9.17, 15) is 4.79 Å². The first-order valence-corrected chi connectivity index (χ1v) is 8.73. The third-order valence-corrected chi connectivity index (χ3v) is 4.80. The quantitative estimate of drug-likeness (QED) is 0.841. The molecule has 5 heteroatoms. The zero-order valence-electron chi connectivity index (χ0n) is 13.0. The molecule has 0 radical (unpaired) electrons. The smallest absolute Gasteiger partial charge is 0.238 e. The first-order valence-electron chi connectivity index (χ1n) is 7.44. The number of carbonyl (C=O) groups excluding carboxylic acids is 1. The van der Waals surface area contributed by atoms with Gasteiger partial charge in [-0.2, -0.15) is 11.8 Å². The van der Waals surface area contributed by atoms with Crippen molar-refractivity contribution in [1.82, 2.24) is 10.2 Å². The minimum Gasteiger partial charge on any atom is -0.494 e. The maximum absolute atomic E-state index is 12.1. The number of ether oxygens (including phenoxy) is 1. The Labute approximate surface area is 131 Å². The van der Waals surface area contributed by atoms with Crippen LogP contribution >= 0.6 is 11.8 Å². The molecular formula is C16H24N2O2S. The van der Waals surface area contributed by atoms with Crippen molar-refractivity contribution in [3.63, 3.8) is 0 Å². The standard InChI is InChI=1S/C16H24N2O2S/c1-4-20-14-7-5-13(6-8-14)16-17-11-15(19)18(16)10-9-12(2)21-3/h5-8,12,16-17H,4,9-11H2,1-3H3. The first kappa shape index (κ1) is 16.2. The highest BCUT2D eigenvalue weighted by Gasteiger charge is 2.31. The summed E-state index contributed by atoms with van der Waals surface area (Å²) in [6, 6.07) is 8.00. The highest BCUT2D eigenvalue weighted by Crippen LogP contribution is 2.25. The molecule has 1 aliphatic rings. The summed E-state index contributed by atoms with van der Waals surface area (Å²) >= 11 is 1.84. The topological polar surface area (TPSA) is 41.6 Å². The minimum atomic E-state index is -0.0118. The largest absolute Gasteiger partial charge is 0.494 e. The van der Waals surface area contributed by atoms with Crippen molar-refractivity contribution < 1.29 is 9.53 Å². The zero-order valence-corrected chi connectivity index (χ0v) is 13.8. The summed E-state index contributed by atoms with van der Waals surface area (Å²) in [5, 5.41) is 3.86. The third kappa shape index (κ3) is 4.14. The fraction of sp³-hybridized carbons (Fsp3) is 0.562. The van der Waals surface area contributed by atoms with Crippen molar-refractivity contribution >= 4 is 17.7 Å². The van der Waals surface area contributed by atoms with Crippen LogP contribution in [0, 0.1) is 0 Å². The molecule has 0 bridgehead atoms. The number of rotatable bonds is 7. The van der Waals surface area contributed by atoms with E-state index < -0.39 is 0 Å². The molecule has 116 valence electrons. The van der Waals surface area contributed by atoms with E-state index in [-0.39, 0.29) is 12.1 Å². The van der Waals surface area contributed by atoms with Gasteiger partial charge in [0.1, 0.15) is 11.9 Å². The van der Waals surface area contributed by atoms with Gasteiger partial charge in [-0.1, -0.05) is 19.1 Å². The Hall–Kier alpha value is -1.20. The maximum atomic E-state index is 12.1. The fourth-order valence-electron chi connectivity index (χ4n) is 2.44. The van der Waals surface area contributed by atoms with E-state index in [2.05, 4.69) is 18.5 Å². The number of hydrogen-bond acceptors (Lipinski definition) is 4. The molecule has 1 fully saturated rings. The van der Waals surface area contributed by atoms with E-state index >= 15 is 0 Å². The molecular weight excluding hydrogens is 284 g/mol. The number of carbonyl (C=O) groups is 1. The van der Waals surface area contributed by atoms with Crippen LogP contribution in [0.2, 0.25) is 0 Å². The van der Waals surface area contributed by atoms with Gasteiger partial charge in [-0.15, -0.1) is 0 Å². The van der Waals surface area contributed by atoms with Crippen molar-refractivity contribution in [2.24, 2.45) is 0 Å². The van der Waals surface area contributed by atoms with Gasteiger partial charge in [-0.3, -0.25) is 10.1 Å². The van der Waals surface area contributed by atoms with Crippen LogP contribution < -0.4 is 10.1 Å². The van der Waals surface area contributed by atoms with E-state index in [1.54, 1.807) is 0 Å². The molecule has 2 atom stereocenters. The average Bonchev–Trinajstić information content (AvgIpc) is 2.87. The molecule has 1 heterocycles. The van der Waals surface area contributed by atoms with Gasteiger partial charge in [0, 0.05) is 11.8 Å². The van der Waals surface area contributed by atoms with Gasteiger partial charge in [-0.05, 0) is 37.3 Å². The van der Waals surface area contributed by atoms with Crippen LogP contribution in [-0.2, 0) is 4.79 Å². The Balaban J connectivity index is 2.04. The summed E-state index contributed by atoms with van der Waals surface area (Å²) < 4.78 is 5.46. The lowest BCUT2D eigenvalue weighted by molar-refractivity contribution is -0.128. The lowest BCUT2D eigenvalue weighted by atomic mass is 10.1. The molecule has 21 heavy (non-hydrogen) atoms. The van der Waals surface area contributed by atoms with Gasteiger partial charge in [0.25, 0.3) is 0 Å². The molecule has 1 aliphatic heterocycles. The van der Waals surface area contributed by atoms with E-state index in [1.807, 2.05) is 47.9 Å². The molecule has 4 nitrogen and oxygen atoms in total. The molecule has 2 unspecified atom stereocenters. The Morgan fingerprint density at radius 1 is 1.43 bits per heavy atom. The number of nitrogens with one attached hydrogen (secondary N) is 1. The van der Waals surface area contributed by atoms with Gasteiger partial charge in [0.05, 0.1) is 13.2 Å². The summed E-state index contributed by atoms with van der Waals surface area (Å²) in [6.45, 7) is 6.06. The highest BCUT2D eigenvalue weighted by molar-refractivity contribution is 7.99. The van der Waals surface area contributed by atoms with Crippen molar-refractivity contribution in [2.45, 2.75) is 31.7 Å². The summed E-state index contributed by atoms with van der Waals surface area (Å²) in [5.74, 6) is 1.05. The van der Waals surface area contributed by atoms with Crippen molar-refractivity contribution in [3.05, 3.63) is 29.8 Å². The SMILES string of the molecule is CCOc1ccc(C2NCC(=O)N2CCC(C)SC)cc1. The van der Waals surface area contributed by atoms with Gasteiger partial charge in [0.2, 0.25) is 5.91 Å². The van der Waals surface area contributed by atoms with Crippen LogP contribution in [-0.4, -0.2) is 42.0 Å². The lowest BCUT2D eigenvalue weighted by Crippen LogP contribution is -2.32. The number of thioether (sulfide) groups is 1. The molecule has 1 aromatic rings. The van der Waals surface area contributed by atoms with Gasteiger partial charge in [-0.25, -0.2) is 0 Å². The average molecular weight is 308 g/mol.